The fraction of sp³-hybridized carbons (Fsp3) is 0.316. The molecule has 1 fully saturated rings. The highest BCUT2D eigenvalue weighted by Crippen LogP contribution is 2.64. The molecular weight excluding hydrogens is 393 g/mol. The third kappa shape index (κ3) is 3.24. The van der Waals surface area contributed by atoms with Gasteiger partial charge in [-0.25, -0.2) is 12.8 Å². The van der Waals surface area contributed by atoms with Crippen molar-refractivity contribution in [3.63, 3.8) is 0 Å². The van der Waals surface area contributed by atoms with E-state index in [2.05, 4.69) is 0 Å². The number of carbonyl (C=O) groups is 1. The van der Waals surface area contributed by atoms with Crippen LogP contribution in [0.25, 0.3) is 0 Å². The largest absolute Gasteiger partial charge is 0.465 e. The van der Waals surface area contributed by atoms with E-state index in [0.29, 0.717) is 10.6 Å². The first-order chi connectivity index (χ1) is 12.8. The summed E-state index contributed by atoms with van der Waals surface area (Å²) in [7, 11) is -3.94. The molecule has 0 aromatic heterocycles. The minimum Gasteiger partial charge on any atom is -0.465 e. The van der Waals surface area contributed by atoms with Crippen molar-refractivity contribution in [1.82, 2.24) is 0 Å². The van der Waals surface area contributed by atoms with Gasteiger partial charge in [0.15, 0.2) is 9.84 Å². The van der Waals surface area contributed by atoms with Crippen LogP contribution in [0.2, 0.25) is 5.02 Å². The Kier molecular flexibility index (Phi) is 5.29. The molecule has 1 aliphatic rings. The Morgan fingerprint density at radius 3 is 2.48 bits per heavy atom. The van der Waals surface area contributed by atoms with Crippen molar-refractivity contribution in [2.24, 2.45) is 11.1 Å². The van der Waals surface area contributed by atoms with Gasteiger partial charge >= 0.3 is 5.97 Å². The van der Waals surface area contributed by atoms with Crippen LogP contribution in [0.4, 0.5) is 4.39 Å². The van der Waals surface area contributed by atoms with Crippen LogP contribution >= 0.6 is 11.6 Å². The number of ether oxygens (including phenoxy) is 1. The zero-order valence-corrected chi connectivity index (χ0v) is 16.1. The topological polar surface area (TPSA) is 86.5 Å². The van der Waals surface area contributed by atoms with E-state index in [4.69, 9.17) is 22.1 Å². The van der Waals surface area contributed by atoms with Crippen molar-refractivity contribution in [1.29, 1.82) is 0 Å². The van der Waals surface area contributed by atoms with Crippen LogP contribution in [-0.2, 0) is 19.4 Å². The number of hydrogen-bond donors (Lipinski definition) is 1. The monoisotopic (exact) mass is 411 g/mol. The molecule has 5 nitrogen and oxygen atoms in total. The van der Waals surface area contributed by atoms with Gasteiger partial charge in [-0.05, 0) is 48.9 Å². The summed E-state index contributed by atoms with van der Waals surface area (Å²) in [6.07, 6.45) is 0. The molecule has 0 radical (unpaired) electrons. The van der Waals surface area contributed by atoms with E-state index >= 15 is 0 Å². The van der Waals surface area contributed by atoms with Crippen LogP contribution in [0.5, 0.6) is 0 Å². The lowest BCUT2D eigenvalue weighted by Gasteiger charge is -2.14. The van der Waals surface area contributed by atoms with Crippen molar-refractivity contribution in [2.45, 2.75) is 23.0 Å². The molecule has 1 aliphatic carbocycles. The van der Waals surface area contributed by atoms with E-state index in [1.165, 1.54) is 42.5 Å². The third-order valence-electron chi connectivity index (χ3n) is 4.93. The van der Waals surface area contributed by atoms with E-state index in [9.17, 15) is 17.6 Å². The van der Waals surface area contributed by atoms with Gasteiger partial charge in [0, 0.05) is 17.5 Å². The van der Waals surface area contributed by atoms with E-state index in [1.54, 1.807) is 13.0 Å². The SMILES string of the molecule is CCOC(=O)[C@@]1(CN)[C@@H](c2cccc(F)c2)[C@@H]1S(=O)(=O)c1ccc(Cl)cc1. The number of benzene rings is 2. The molecule has 0 heterocycles. The highest BCUT2D eigenvalue weighted by molar-refractivity contribution is 7.92. The summed E-state index contributed by atoms with van der Waals surface area (Å²) >= 11 is 5.84. The maximum absolute atomic E-state index is 13.7. The standard InChI is InChI=1S/C19H19ClFNO4S/c1-2-26-18(23)19(11-22)16(12-4-3-5-14(21)10-12)17(19)27(24,25)15-8-6-13(20)7-9-15/h3-10,16-17H,2,11,22H2,1H3/t16-,17-,19-/m0/s1. The van der Waals surface area contributed by atoms with Crippen molar-refractivity contribution >= 4 is 27.4 Å². The number of esters is 1. The normalized spacial score (nSPS) is 24.4. The minimum absolute atomic E-state index is 0.0259. The second-order valence-electron chi connectivity index (χ2n) is 6.42. The summed E-state index contributed by atoms with van der Waals surface area (Å²) in [4.78, 5) is 12.7. The Balaban J connectivity index is 2.12. The summed E-state index contributed by atoms with van der Waals surface area (Å²) < 4.78 is 45.4. The van der Waals surface area contributed by atoms with Crippen LogP contribution in [0.15, 0.2) is 53.4 Å². The Hall–Kier alpha value is -1.96. The van der Waals surface area contributed by atoms with E-state index in [0.717, 1.165) is 0 Å². The second-order valence-corrected chi connectivity index (χ2v) is 8.92. The summed E-state index contributed by atoms with van der Waals surface area (Å²) in [5.74, 6) is -2.00. The molecule has 27 heavy (non-hydrogen) atoms. The van der Waals surface area contributed by atoms with Crippen molar-refractivity contribution in [3.8, 4) is 0 Å². The van der Waals surface area contributed by atoms with Crippen LogP contribution in [0, 0.1) is 11.2 Å². The van der Waals surface area contributed by atoms with Crippen LogP contribution in [-0.4, -0.2) is 32.8 Å². The fourth-order valence-electron chi connectivity index (χ4n) is 3.64. The first-order valence-corrected chi connectivity index (χ1v) is 10.3. The summed E-state index contributed by atoms with van der Waals surface area (Å²) in [6.45, 7) is 1.49. The highest BCUT2D eigenvalue weighted by atomic mass is 35.5. The van der Waals surface area contributed by atoms with Gasteiger partial charge in [-0.3, -0.25) is 4.79 Å². The van der Waals surface area contributed by atoms with E-state index in [-0.39, 0.29) is 18.0 Å². The molecule has 0 amide bonds. The molecule has 0 unspecified atom stereocenters. The number of sulfone groups is 1. The van der Waals surface area contributed by atoms with Gasteiger partial charge in [0.25, 0.3) is 0 Å². The lowest BCUT2D eigenvalue weighted by Crippen LogP contribution is -2.33. The molecule has 0 saturated heterocycles. The molecule has 0 spiro atoms. The molecule has 2 N–H and O–H groups in total. The maximum Gasteiger partial charge on any atom is 0.315 e. The zero-order valence-electron chi connectivity index (χ0n) is 14.6. The number of carbonyl (C=O) groups excluding carboxylic acids is 1. The Morgan fingerprint density at radius 2 is 1.93 bits per heavy atom. The quantitative estimate of drug-likeness (QED) is 0.738. The Morgan fingerprint density at radius 1 is 1.26 bits per heavy atom. The number of rotatable bonds is 6. The van der Waals surface area contributed by atoms with Crippen molar-refractivity contribution < 1.29 is 22.3 Å². The van der Waals surface area contributed by atoms with E-state index in [1.807, 2.05) is 0 Å². The zero-order chi connectivity index (χ0) is 19.8. The van der Waals surface area contributed by atoms with Crippen LogP contribution in [0.3, 0.4) is 0 Å². The third-order valence-corrected chi connectivity index (χ3v) is 7.48. The molecule has 144 valence electrons. The first kappa shape index (κ1) is 19.8. The Labute approximate surface area is 162 Å². The van der Waals surface area contributed by atoms with Gasteiger partial charge in [0.2, 0.25) is 0 Å². The van der Waals surface area contributed by atoms with Crippen molar-refractivity contribution in [2.75, 3.05) is 13.2 Å². The Bertz CT molecular complexity index is 964. The molecule has 2 aromatic rings. The van der Waals surface area contributed by atoms with Gasteiger partial charge in [-0.15, -0.1) is 0 Å². The van der Waals surface area contributed by atoms with E-state index < -0.39 is 38.2 Å². The molecular formula is C19H19ClFNO4S. The smallest absolute Gasteiger partial charge is 0.315 e. The van der Waals surface area contributed by atoms with Gasteiger partial charge in [-0.1, -0.05) is 23.7 Å². The average molecular weight is 412 g/mol. The number of halogens is 2. The van der Waals surface area contributed by atoms with Gasteiger partial charge in [0.05, 0.1) is 16.8 Å². The van der Waals surface area contributed by atoms with Crippen LogP contribution in [0.1, 0.15) is 18.4 Å². The number of nitrogens with two attached hydrogens (primary N) is 1. The molecule has 8 heteroatoms. The predicted octanol–water partition coefficient (Wildman–Crippen LogP) is 2.93. The molecule has 3 rings (SSSR count). The summed E-state index contributed by atoms with van der Waals surface area (Å²) in [5, 5.41) is -0.751. The number of hydrogen-bond acceptors (Lipinski definition) is 5. The van der Waals surface area contributed by atoms with Gasteiger partial charge in [-0.2, -0.15) is 0 Å². The molecule has 0 bridgehead atoms. The first-order valence-electron chi connectivity index (χ1n) is 8.41. The fourth-order valence-corrected chi connectivity index (χ4v) is 6.15. The van der Waals surface area contributed by atoms with Gasteiger partial charge in [0.1, 0.15) is 11.2 Å². The molecule has 3 atom stereocenters. The lowest BCUT2D eigenvalue weighted by molar-refractivity contribution is -0.149. The second kappa shape index (κ2) is 7.22. The van der Waals surface area contributed by atoms with Crippen LogP contribution < -0.4 is 5.73 Å². The predicted molar refractivity (Wildman–Crippen MR) is 99.7 cm³/mol. The average Bonchev–Trinajstić information content (AvgIpc) is 3.34. The van der Waals surface area contributed by atoms with Gasteiger partial charge < -0.3 is 10.5 Å². The lowest BCUT2D eigenvalue weighted by atomic mass is 9.99. The maximum atomic E-state index is 13.7. The molecule has 1 saturated carbocycles. The summed E-state index contributed by atoms with van der Waals surface area (Å²) in [6, 6.07) is 11.2. The molecule has 0 aliphatic heterocycles. The highest BCUT2D eigenvalue weighted by Gasteiger charge is 2.75. The van der Waals surface area contributed by atoms with Crippen molar-refractivity contribution in [3.05, 3.63) is 64.9 Å². The molecule has 2 aromatic carbocycles. The minimum atomic E-state index is -3.94. The summed E-state index contributed by atoms with van der Waals surface area (Å²) in [5.41, 5.74) is 4.82.